The smallest absolute Gasteiger partial charge is 0.0713 e. The summed E-state index contributed by atoms with van der Waals surface area (Å²) in [7, 11) is 0. The molecule has 1 rings (SSSR count). The normalized spacial score (nSPS) is 30.7. The van der Waals surface area contributed by atoms with Crippen LogP contribution in [0.3, 0.4) is 0 Å². The third-order valence-corrected chi connectivity index (χ3v) is 1.75. The quantitative estimate of drug-likeness (QED) is 0.523. The van der Waals surface area contributed by atoms with Crippen LogP contribution in [0, 0.1) is 5.92 Å². The van der Waals surface area contributed by atoms with Gasteiger partial charge in [-0.2, -0.15) is 0 Å². The fraction of sp³-hybridized carbons (Fsp3) is 1.00. The molecule has 1 aliphatic heterocycles. The van der Waals surface area contributed by atoms with Crippen LogP contribution in [-0.2, 0) is 4.74 Å². The lowest BCUT2D eigenvalue weighted by atomic mass is 10.0. The minimum atomic E-state index is -0.354. The predicted octanol–water partition coefficient (Wildman–Crippen LogP) is -0.658. The molecular weight excluding hydrogens is 118 g/mol. The summed E-state index contributed by atoms with van der Waals surface area (Å²) in [4.78, 5) is 0. The monoisotopic (exact) mass is 131 g/mol. The van der Waals surface area contributed by atoms with Crippen LogP contribution in [0.2, 0.25) is 0 Å². The van der Waals surface area contributed by atoms with E-state index in [1.54, 1.807) is 0 Å². The van der Waals surface area contributed by atoms with Gasteiger partial charge in [0, 0.05) is 19.1 Å². The molecule has 0 aromatic heterocycles. The van der Waals surface area contributed by atoms with Gasteiger partial charge in [0.1, 0.15) is 0 Å². The zero-order valence-corrected chi connectivity index (χ0v) is 5.42. The Kier molecular flexibility index (Phi) is 2.45. The van der Waals surface area contributed by atoms with Gasteiger partial charge in [-0.3, -0.25) is 0 Å². The largest absolute Gasteiger partial charge is 0.391 e. The van der Waals surface area contributed by atoms with Crippen LogP contribution >= 0.6 is 0 Å². The van der Waals surface area contributed by atoms with Gasteiger partial charge in [0.05, 0.1) is 12.7 Å². The molecule has 0 saturated carbocycles. The van der Waals surface area contributed by atoms with E-state index in [-0.39, 0.29) is 12.0 Å². The summed E-state index contributed by atoms with van der Waals surface area (Å²) in [6, 6.07) is 0. The summed E-state index contributed by atoms with van der Waals surface area (Å²) in [5.41, 5.74) is 5.25. The molecule has 2 atom stereocenters. The number of hydrogen-bond acceptors (Lipinski definition) is 3. The van der Waals surface area contributed by atoms with E-state index in [1.165, 1.54) is 0 Å². The lowest BCUT2D eigenvalue weighted by Crippen LogP contribution is -2.28. The first kappa shape index (κ1) is 6.99. The fourth-order valence-electron chi connectivity index (χ4n) is 1.05. The van der Waals surface area contributed by atoms with Crippen molar-refractivity contribution >= 4 is 0 Å². The number of aliphatic hydroxyl groups is 1. The van der Waals surface area contributed by atoms with E-state index in [9.17, 15) is 0 Å². The highest BCUT2D eigenvalue weighted by Crippen LogP contribution is 2.15. The number of hydrogen-bond donors (Lipinski definition) is 2. The van der Waals surface area contributed by atoms with Gasteiger partial charge in [-0.15, -0.1) is 0 Å². The standard InChI is InChI=1S/C6H13NO2/c7-3-6(8)5-1-2-9-4-5/h5-6,8H,1-4,7H2/t5-,6+/m0/s1. The van der Waals surface area contributed by atoms with Crippen molar-refractivity contribution in [1.82, 2.24) is 0 Å². The van der Waals surface area contributed by atoms with Crippen LogP contribution in [0.1, 0.15) is 6.42 Å². The average Bonchev–Trinajstić information content (AvgIpc) is 2.37. The molecule has 3 N–H and O–H groups in total. The Balaban J connectivity index is 2.24. The molecular formula is C6H13NO2. The van der Waals surface area contributed by atoms with Crippen LogP contribution in [0.5, 0.6) is 0 Å². The summed E-state index contributed by atoms with van der Waals surface area (Å²) >= 11 is 0. The highest BCUT2D eigenvalue weighted by atomic mass is 16.5. The van der Waals surface area contributed by atoms with Gasteiger partial charge >= 0.3 is 0 Å². The van der Waals surface area contributed by atoms with E-state index in [0.717, 1.165) is 13.0 Å². The van der Waals surface area contributed by atoms with Crippen molar-refractivity contribution in [2.75, 3.05) is 19.8 Å². The number of nitrogens with two attached hydrogens (primary N) is 1. The van der Waals surface area contributed by atoms with Crippen molar-refractivity contribution in [2.45, 2.75) is 12.5 Å². The first-order valence-corrected chi connectivity index (χ1v) is 3.30. The minimum absolute atomic E-state index is 0.287. The van der Waals surface area contributed by atoms with Crippen LogP contribution in [0.25, 0.3) is 0 Å². The van der Waals surface area contributed by atoms with Gasteiger partial charge < -0.3 is 15.6 Å². The van der Waals surface area contributed by atoms with Crippen molar-refractivity contribution in [3.05, 3.63) is 0 Å². The maximum absolute atomic E-state index is 9.15. The van der Waals surface area contributed by atoms with Gasteiger partial charge in [-0.1, -0.05) is 0 Å². The van der Waals surface area contributed by atoms with Crippen LogP contribution < -0.4 is 5.73 Å². The molecule has 1 saturated heterocycles. The average molecular weight is 131 g/mol. The number of aliphatic hydroxyl groups excluding tert-OH is 1. The van der Waals surface area contributed by atoms with Crippen molar-refractivity contribution in [2.24, 2.45) is 11.7 Å². The molecule has 0 unspecified atom stereocenters. The van der Waals surface area contributed by atoms with Crippen molar-refractivity contribution in [3.8, 4) is 0 Å². The van der Waals surface area contributed by atoms with Crippen molar-refractivity contribution in [3.63, 3.8) is 0 Å². The summed E-state index contributed by atoms with van der Waals surface area (Å²) in [6.45, 7) is 1.81. The summed E-state index contributed by atoms with van der Waals surface area (Å²) in [5, 5.41) is 9.15. The van der Waals surface area contributed by atoms with E-state index < -0.39 is 0 Å². The van der Waals surface area contributed by atoms with Gasteiger partial charge in [-0.05, 0) is 6.42 Å². The lowest BCUT2D eigenvalue weighted by Gasteiger charge is -2.12. The Morgan fingerprint density at radius 2 is 2.56 bits per heavy atom. The molecule has 0 radical (unpaired) electrons. The Bertz CT molecular complexity index is 81.1. The van der Waals surface area contributed by atoms with Crippen molar-refractivity contribution < 1.29 is 9.84 Å². The maximum atomic E-state index is 9.15. The third kappa shape index (κ3) is 1.64. The number of ether oxygens (including phenoxy) is 1. The predicted molar refractivity (Wildman–Crippen MR) is 34.0 cm³/mol. The molecule has 54 valence electrons. The van der Waals surface area contributed by atoms with E-state index in [1.807, 2.05) is 0 Å². The van der Waals surface area contributed by atoms with Crippen molar-refractivity contribution in [1.29, 1.82) is 0 Å². The Morgan fingerprint density at radius 3 is 3.00 bits per heavy atom. The van der Waals surface area contributed by atoms with Crippen LogP contribution in [0.15, 0.2) is 0 Å². The molecule has 1 fully saturated rings. The summed E-state index contributed by atoms with van der Waals surface area (Å²) in [5.74, 6) is 0.287. The Labute approximate surface area is 54.8 Å². The van der Waals surface area contributed by atoms with E-state index in [4.69, 9.17) is 15.6 Å². The third-order valence-electron chi connectivity index (χ3n) is 1.75. The van der Waals surface area contributed by atoms with Crippen LogP contribution in [0.4, 0.5) is 0 Å². The topological polar surface area (TPSA) is 55.5 Å². The SMILES string of the molecule is NC[C@@H](O)[C@H]1CCOC1. The van der Waals surface area contributed by atoms with Gasteiger partial charge in [-0.25, -0.2) is 0 Å². The highest BCUT2D eigenvalue weighted by molar-refractivity contribution is 4.72. The molecule has 0 bridgehead atoms. The lowest BCUT2D eigenvalue weighted by molar-refractivity contribution is 0.0978. The summed E-state index contributed by atoms with van der Waals surface area (Å²) in [6.07, 6.45) is 0.603. The first-order valence-electron chi connectivity index (χ1n) is 3.30. The molecule has 0 aliphatic carbocycles. The zero-order valence-electron chi connectivity index (χ0n) is 5.42. The molecule has 3 nitrogen and oxygen atoms in total. The first-order chi connectivity index (χ1) is 4.34. The summed E-state index contributed by atoms with van der Waals surface area (Å²) < 4.78 is 5.06. The van der Waals surface area contributed by atoms with Gasteiger partial charge in [0.15, 0.2) is 0 Å². The second kappa shape index (κ2) is 3.15. The fourth-order valence-corrected chi connectivity index (χ4v) is 1.05. The van der Waals surface area contributed by atoms with Gasteiger partial charge in [0.2, 0.25) is 0 Å². The van der Waals surface area contributed by atoms with E-state index >= 15 is 0 Å². The highest BCUT2D eigenvalue weighted by Gasteiger charge is 2.22. The van der Waals surface area contributed by atoms with E-state index in [0.29, 0.717) is 13.2 Å². The molecule has 0 amide bonds. The Morgan fingerprint density at radius 1 is 1.78 bits per heavy atom. The molecule has 1 heterocycles. The second-order valence-electron chi connectivity index (χ2n) is 2.43. The second-order valence-corrected chi connectivity index (χ2v) is 2.43. The number of rotatable bonds is 2. The molecule has 0 aromatic carbocycles. The molecule has 9 heavy (non-hydrogen) atoms. The Hall–Kier alpha value is -0.120. The minimum Gasteiger partial charge on any atom is -0.391 e. The van der Waals surface area contributed by atoms with Gasteiger partial charge in [0.25, 0.3) is 0 Å². The van der Waals surface area contributed by atoms with Crippen LogP contribution in [-0.4, -0.2) is 31.0 Å². The molecule has 3 heteroatoms. The molecule has 0 spiro atoms. The molecule has 0 aromatic rings. The zero-order chi connectivity index (χ0) is 6.69. The van der Waals surface area contributed by atoms with E-state index in [2.05, 4.69) is 0 Å². The molecule has 1 aliphatic rings. The maximum Gasteiger partial charge on any atom is 0.0713 e.